The number of nitrogens with one attached hydrogen (secondary N) is 1. The SMILES string of the molecule is COc1ccc(OC)c(S(=O)(=O)Nc2cc(Br)ccn2)c1. The zero-order valence-corrected chi connectivity index (χ0v) is 13.7. The van der Waals surface area contributed by atoms with Gasteiger partial charge in [0.15, 0.2) is 0 Å². The maximum Gasteiger partial charge on any atom is 0.266 e. The van der Waals surface area contributed by atoms with Crippen LogP contribution in [0.25, 0.3) is 0 Å². The number of rotatable bonds is 5. The van der Waals surface area contributed by atoms with Crippen LogP contribution in [0, 0.1) is 0 Å². The summed E-state index contributed by atoms with van der Waals surface area (Å²) in [5, 5.41) is 0. The third-order valence-electron chi connectivity index (χ3n) is 2.62. The third kappa shape index (κ3) is 3.64. The van der Waals surface area contributed by atoms with Crippen LogP contribution in [0.3, 0.4) is 0 Å². The summed E-state index contributed by atoms with van der Waals surface area (Å²) in [6.45, 7) is 0. The molecule has 0 unspecified atom stereocenters. The number of pyridine rings is 1. The van der Waals surface area contributed by atoms with Gasteiger partial charge in [-0.3, -0.25) is 4.72 Å². The number of benzene rings is 1. The monoisotopic (exact) mass is 372 g/mol. The van der Waals surface area contributed by atoms with E-state index >= 15 is 0 Å². The largest absolute Gasteiger partial charge is 0.497 e. The number of sulfonamides is 1. The van der Waals surface area contributed by atoms with Crippen molar-refractivity contribution in [1.29, 1.82) is 0 Å². The van der Waals surface area contributed by atoms with Crippen molar-refractivity contribution in [3.63, 3.8) is 0 Å². The van der Waals surface area contributed by atoms with E-state index in [9.17, 15) is 8.42 Å². The second kappa shape index (κ2) is 6.31. The van der Waals surface area contributed by atoms with Gasteiger partial charge in [0.2, 0.25) is 0 Å². The summed E-state index contributed by atoms with van der Waals surface area (Å²) in [6, 6.07) is 7.80. The van der Waals surface area contributed by atoms with Gasteiger partial charge in [0, 0.05) is 16.7 Å². The van der Waals surface area contributed by atoms with Crippen molar-refractivity contribution in [1.82, 2.24) is 4.98 Å². The van der Waals surface area contributed by atoms with Crippen LogP contribution in [0.15, 0.2) is 45.9 Å². The lowest BCUT2D eigenvalue weighted by molar-refractivity contribution is 0.392. The molecule has 1 aromatic heterocycles. The molecule has 0 fully saturated rings. The average molecular weight is 373 g/mol. The molecule has 0 spiro atoms. The first kappa shape index (κ1) is 15.6. The minimum atomic E-state index is -3.84. The Hall–Kier alpha value is -1.80. The molecule has 0 atom stereocenters. The van der Waals surface area contributed by atoms with Crippen molar-refractivity contribution in [3.05, 3.63) is 41.0 Å². The van der Waals surface area contributed by atoms with Crippen LogP contribution in [-0.2, 0) is 10.0 Å². The number of aromatic nitrogens is 1. The Balaban J connectivity index is 2.43. The van der Waals surface area contributed by atoms with E-state index in [1.54, 1.807) is 18.2 Å². The average Bonchev–Trinajstić information content (AvgIpc) is 2.46. The van der Waals surface area contributed by atoms with E-state index in [0.717, 1.165) is 0 Å². The van der Waals surface area contributed by atoms with Gasteiger partial charge in [-0.15, -0.1) is 0 Å². The van der Waals surface area contributed by atoms with E-state index in [-0.39, 0.29) is 16.5 Å². The van der Waals surface area contributed by atoms with E-state index in [0.29, 0.717) is 10.2 Å². The van der Waals surface area contributed by atoms with Gasteiger partial charge in [0.1, 0.15) is 22.2 Å². The molecule has 2 aromatic rings. The summed E-state index contributed by atoms with van der Waals surface area (Å²) in [5.41, 5.74) is 0. The smallest absolute Gasteiger partial charge is 0.266 e. The summed E-state index contributed by atoms with van der Waals surface area (Å²) in [5.74, 6) is 0.839. The first-order valence-electron chi connectivity index (χ1n) is 5.82. The van der Waals surface area contributed by atoms with Gasteiger partial charge < -0.3 is 9.47 Å². The van der Waals surface area contributed by atoms with E-state index in [4.69, 9.17) is 9.47 Å². The van der Waals surface area contributed by atoms with Crippen LogP contribution >= 0.6 is 15.9 Å². The van der Waals surface area contributed by atoms with Crippen molar-refractivity contribution in [2.24, 2.45) is 0 Å². The minimum Gasteiger partial charge on any atom is -0.497 e. The number of nitrogens with zero attached hydrogens (tertiary/aromatic N) is 1. The Morgan fingerprint density at radius 2 is 1.90 bits per heavy atom. The number of halogens is 1. The topological polar surface area (TPSA) is 77.5 Å². The summed E-state index contributed by atoms with van der Waals surface area (Å²) in [7, 11) is -0.983. The molecule has 0 aliphatic rings. The van der Waals surface area contributed by atoms with Crippen molar-refractivity contribution >= 4 is 31.8 Å². The Kier molecular flexibility index (Phi) is 4.69. The molecule has 0 radical (unpaired) electrons. The highest BCUT2D eigenvalue weighted by atomic mass is 79.9. The molecule has 0 bridgehead atoms. The number of hydrogen-bond donors (Lipinski definition) is 1. The Morgan fingerprint density at radius 1 is 1.14 bits per heavy atom. The van der Waals surface area contributed by atoms with Gasteiger partial charge in [0.25, 0.3) is 10.0 Å². The molecule has 21 heavy (non-hydrogen) atoms. The predicted molar refractivity (Wildman–Crippen MR) is 82.3 cm³/mol. The summed E-state index contributed by atoms with van der Waals surface area (Å²) in [6.07, 6.45) is 1.49. The van der Waals surface area contributed by atoms with Gasteiger partial charge in [0.05, 0.1) is 14.2 Å². The van der Waals surface area contributed by atoms with Gasteiger partial charge in [-0.1, -0.05) is 15.9 Å². The second-order valence-electron chi connectivity index (χ2n) is 3.98. The lowest BCUT2D eigenvalue weighted by Gasteiger charge is -2.12. The standard InChI is InChI=1S/C13H13BrN2O4S/c1-19-10-3-4-11(20-2)12(8-10)21(17,18)16-13-7-9(14)5-6-15-13/h3-8H,1-2H3,(H,15,16). The lowest BCUT2D eigenvalue weighted by atomic mass is 10.3. The zero-order chi connectivity index (χ0) is 15.5. The van der Waals surface area contributed by atoms with Crippen molar-refractivity contribution in [2.45, 2.75) is 4.90 Å². The normalized spacial score (nSPS) is 11.0. The van der Waals surface area contributed by atoms with E-state index in [2.05, 4.69) is 25.6 Å². The number of ether oxygens (including phenoxy) is 2. The molecule has 8 heteroatoms. The van der Waals surface area contributed by atoms with Crippen LogP contribution in [-0.4, -0.2) is 27.6 Å². The Labute approximate surface area is 131 Å². The lowest BCUT2D eigenvalue weighted by Crippen LogP contribution is -2.15. The van der Waals surface area contributed by atoms with Crippen LogP contribution < -0.4 is 14.2 Å². The molecule has 0 saturated heterocycles. The molecule has 1 aromatic carbocycles. The molecule has 1 N–H and O–H groups in total. The van der Waals surface area contributed by atoms with Crippen LogP contribution in [0.2, 0.25) is 0 Å². The summed E-state index contributed by atoms with van der Waals surface area (Å²) >= 11 is 3.26. The van der Waals surface area contributed by atoms with Crippen molar-refractivity contribution in [2.75, 3.05) is 18.9 Å². The first-order chi connectivity index (χ1) is 9.96. The Morgan fingerprint density at radius 3 is 2.52 bits per heavy atom. The van der Waals surface area contributed by atoms with E-state index < -0.39 is 10.0 Å². The van der Waals surface area contributed by atoms with Gasteiger partial charge in [-0.05, 0) is 24.3 Å². The fourth-order valence-electron chi connectivity index (χ4n) is 1.65. The predicted octanol–water partition coefficient (Wildman–Crippen LogP) is 2.66. The van der Waals surface area contributed by atoms with Crippen LogP contribution in [0.1, 0.15) is 0 Å². The molecule has 0 saturated carbocycles. The molecule has 6 nitrogen and oxygen atoms in total. The molecule has 1 heterocycles. The zero-order valence-electron chi connectivity index (χ0n) is 11.3. The summed E-state index contributed by atoms with van der Waals surface area (Å²) < 4.78 is 38.2. The molecule has 2 rings (SSSR count). The Bertz CT molecular complexity index is 750. The van der Waals surface area contributed by atoms with Gasteiger partial charge >= 0.3 is 0 Å². The molecule has 0 aliphatic heterocycles. The molecule has 0 amide bonds. The minimum absolute atomic E-state index is 0.0221. The maximum absolute atomic E-state index is 12.5. The molecular formula is C13H13BrN2O4S. The quantitative estimate of drug-likeness (QED) is 0.872. The summed E-state index contributed by atoms with van der Waals surface area (Å²) in [4.78, 5) is 3.93. The van der Waals surface area contributed by atoms with E-state index in [1.807, 2.05) is 0 Å². The number of hydrogen-bond acceptors (Lipinski definition) is 5. The van der Waals surface area contributed by atoms with E-state index in [1.165, 1.54) is 32.5 Å². The first-order valence-corrected chi connectivity index (χ1v) is 8.10. The fourth-order valence-corrected chi connectivity index (χ4v) is 3.17. The molecule has 0 aliphatic carbocycles. The number of anilines is 1. The maximum atomic E-state index is 12.5. The highest BCUT2D eigenvalue weighted by Gasteiger charge is 2.21. The van der Waals surface area contributed by atoms with Gasteiger partial charge in [-0.25, -0.2) is 13.4 Å². The van der Waals surface area contributed by atoms with Gasteiger partial charge in [-0.2, -0.15) is 0 Å². The molecular weight excluding hydrogens is 360 g/mol. The highest BCUT2D eigenvalue weighted by molar-refractivity contribution is 9.10. The highest BCUT2D eigenvalue weighted by Crippen LogP contribution is 2.29. The fraction of sp³-hybridized carbons (Fsp3) is 0.154. The third-order valence-corrected chi connectivity index (χ3v) is 4.49. The molecule has 112 valence electrons. The van der Waals surface area contributed by atoms with Crippen LogP contribution in [0.5, 0.6) is 11.5 Å². The van der Waals surface area contributed by atoms with Crippen molar-refractivity contribution < 1.29 is 17.9 Å². The second-order valence-corrected chi connectivity index (χ2v) is 6.55. The van der Waals surface area contributed by atoms with Crippen LogP contribution in [0.4, 0.5) is 5.82 Å². The van der Waals surface area contributed by atoms with Crippen molar-refractivity contribution in [3.8, 4) is 11.5 Å². The number of methoxy groups -OCH3 is 2.